The third kappa shape index (κ3) is 3.16. The van der Waals surface area contributed by atoms with E-state index in [1.165, 1.54) is 0 Å². The number of hydrogen-bond acceptors (Lipinski definition) is 4. The second-order valence-corrected chi connectivity index (χ2v) is 3.66. The van der Waals surface area contributed by atoms with Gasteiger partial charge in [-0.25, -0.2) is 0 Å². The first-order valence-electron chi connectivity index (χ1n) is 3.87. The molecule has 74 valence electrons. The number of aliphatic carboxylic acids is 1. The summed E-state index contributed by atoms with van der Waals surface area (Å²) in [6, 6.07) is 0. The molecule has 0 bridgehead atoms. The van der Waals surface area contributed by atoms with Crippen LogP contribution in [0.15, 0.2) is 0 Å². The molecule has 1 rings (SSSR count). The number of carboxylic acid groups (broad SMARTS) is 1. The first-order chi connectivity index (χ1) is 6.09. The zero-order valence-corrected chi connectivity index (χ0v) is 7.66. The zero-order chi connectivity index (χ0) is 9.84. The van der Waals surface area contributed by atoms with Crippen molar-refractivity contribution in [3.63, 3.8) is 0 Å². The summed E-state index contributed by atoms with van der Waals surface area (Å²) in [5.41, 5.74) is 0. The summed E-state index contributed by atoms with van der Waals surface area (Å²) >= 11 is 0. The summed E-state index contributed by atoms with van der Waals surface area (Å²) in [6.45, 7) is 0.301. The van der Waals surface area contributed by atoms with Gasteiger partial charge in [0.15, 0.2) is 0 Å². The molecular weight excluding hydrogens is 196 g/mol. The van der Waals surface area contributed by atoms with Gasteiger partial charge in [0.1, 0.15) is 0 Å². The molecule has 1 aliphatic rings. The van der Waals surface area contributed by atoms with Crippen molar-refractivity contribution in [2.24, 2.45) is 5.92 Å². The molecular formula is C7H10O5S. The Morgan fingerprint density at radius 3 is 2.77 bits per heavy atom. The van der Waals surface area contributed by atoms with Gasteiger partial charge in [0.2, 0.25) is 10.3 Å². The van der Waals surface area contributed by atoms with Crippen LogP contribution in [0.1, 0.15) is 12.8 Å². The van der Waals surface area contributed by atoms with Crippen LogP contribution in [0.25, 0.3) is 0 Å². The van der Waals surface area contributed by atoms with E-state index in [0.717, 1.165) is 5.37 Å². The molecule has 0 saturated carbocycles. The molecule has 0 radical (unpaired) electrons. The minimum atomic E-state index is -2.28. The molecule has 0 aromatic rings. The van der Waals surface area contributed by atoms with Crippen molar-refractivity contribution in [3.05, 3.63) is 0 Å². The monoisotopic (exact) mass is 206 g/mol. The van der Waals surface area contributed by atoms with Gasteiger partial charge in [-0.15, -0.1) is 0 Å². The first-order valence-corrected chi connectivity index (χ1v) is 5.01. The maximum absolute atomic E-state index is 10.6. The lowest BCUT2D eigenvalue weighted by Gasteiger charge is -2.23. The molecule has 0 spiro atoms. The molecule has 0 amide bonds. The molecule has 0 aromatic heterocycles. The van der Waals surface area contributed by atoms with Crippen LogP contribution in [0.5, 0.6) is 0 Å². The quantitative estimate of drug-likeness (QED) is 0.619. The van der Waals surface area contributed by atoms with Gasteiger partial charge in [0, 0.05) is 6.61 Å². The highest BCUT2D eigenvalue weighted by molar-refractivity contribution is 7.71. The standard InChI is InChI=1S/C7H10O5S/c8-7(9)5-1-2-12-6(3-5)4-13(10)11/h4-6H,1-3H2,(H,8,9). The lowest BCUT2D eigenvalue weighted by atomic mass is 9.97. The zero-order valence-electron chi connectivity index (χ0n) is 6.84. The number of carboxylic acids is 1. The normalized spacial score (nSPS) is 28.0. The number of hydrogen-bond donors (Lipinski definition) is 1. The lowest BCUT2D eigenvalue weighted by molar-refractivity contribution is -0.145. The van der Waals surface area contributed by atoms with Gasteiger partial charge < -0.3 is 9.84 Å². The van der Waals surface area contributed by atoms with Gasteiger partial charge in [-0.2, -0.15) is 8.42 Å². The van der Waals surface area contributed by atoms with Crippen LogP contribution in [0.3, 0.4) is 0 Å². The van der Waals surface area contributed by atoms with Gasteiger partial charge in [-0.3, -0.25) is 4.79 Å². The van der Waals surface area contributed by atoms with Crippen LogP contribution >= 0.6 is 0 Å². The van der Waals surface area contributed by atoms with Crippen LogP contribution in [-0.2, 0) is 19.8 Å². The molecule has 5 nitrogen and oxygen atoms in total. The van der Waals surface area contributed by atoms with Gasteiger partial charge >= 0.3 is 5.97 Å². The summed E-state index contributed by atoms with van der Waals surface area (Å²) in [7, 11) is -2.28. The van der Waals surface area contributed by atoms with Crippen molar-refractivity contribution in [1.82, 2.24) is 0 Å². The minimum absolute atomic E-state index is 0.239. The first kappa shape index (κ1) is 10.2. The number of ether oxygens (including phenoxy) is 1. The summed E-state index contributed by atoms with van der Waals surface area (Å²) in [6.07, 6.45) is 0.113. The van der Waals surface area contributed by atoms with Gasteiger partial charge in [0.25, 0.3) is 0 Å². The molecule has 2 atom stereocenters. The number of carbonyl (C=O) groups is 1. The fourth-order valence-electron chi connectivity index (χ4n) is 1.27. The van der Waals surface area contributed by atoms with Gasteiger partial charge in [-0.05, 0) is 12.8 Å². The lowest BCUT2D eigenvalue weighted by Crippen LogP contribution is -2.31. The van der Waals surface area contributed by atoms with Crippen molar-refractivity contribution in [2.45, 2.75) is 18.9 Å². The Kier molecular flexibility index (Phi) is 3.44. The summed E-state index contributed by atoms with van der Waals surface area (Å²) < 4.78 is 25.6. The fraction of sp³-hybridized carbons (Fsp3) is 0.714. The average Bonchev–Trinajstić information content (AvgIpc) is 2.03. The second-order valence-electron chi connectivity index (χ2n) is 2.87. The van der Waals surface area contributed by atoms with Crippen molar-refractivity contribution in [3.8, 4) is 0 Å². The highest BCUT2D eigenvalue weighted by Crippen LogP contribution is 2.18. The van der Waals surface area contributed by atoms with Gasteiger partial charge in [-0.1, -0.05) is 0 Å². The second kappa shape index (κ2) is 4.38. The highest BCUT2D eigenvalue weighted by Gasteiger charge is 2.26. The molecule has 1 aliphatic heterocycles. The summed E-state index contributed by atoms with van der Waals surface area (Å²) in [5, 5.41) is 9.66. The van der Waals surface area contributed by atoms with E-state index in [9.17, 15) is 13.2 Å². The molecule has 1 fully saturated rings. The predicted octanol–water partition coefficient (Wildman–Crippen LogP) is -0.452. The molecule has 13 heavy (non-hydrogen) atoms. The molecule has 6 heteroatoms. The maximum atomic E-state index is 10.6. The van der Waals surface area contributed by atoms with E-state index in [4.69, 9.17) is 9.84 Å². The van der Waals surface area contributed by atoms with Crippen molar-refractivity contribution < 1.29 is 23.1 Å². The summed E-state index contributed by atoms with van der Waals surface area (Å²) in [5.74, 6) is -1.38. The van der Waals surface area contributed by atoms with E-state index in [0.29, 0.717) is 13.0 Å². The molecule has 0 aliphatic carbocycles. The van der Waals surface area contributed by atoms with E-state index < -0.39 is 28.3 Å². The van der Waals surface area contributed by atoms with E-state index in [1.54, 1.807) is 0 Å². The topological polar surface area (TPSA) is 80.7 Å². The Hall–Kier alpha value is -0.880. The largest absolute Gasteiger partial charge is 0.481 e. The molecule has 1 N–H and O–H groups in total. The summed E-state index contributed by atoms with van der Waals surface area (Å²) in [4.78, 5) is 10.6. The average molecular weight is 206 g/mol. The predicted molar refractivity (Wildman–Crippen MR) is 45.1 cm³/mol. The fourth-order valence-corrected chi connectivity index (χ4v) is 1.71. The Morgan fingerprint density at radius 1 is 1.54 bits per heavy atom. The Balaban J connectivity index is 2.61. The highest BCUT2D eigenvalue weighted by atomic mass is 32.2. The minimum Gasteiger partial charge on any atom is -0.481 e. The molecule has 2 unspecified atom stereocenters. The Morgan fingerprint density at radius 2 is 2.23 bits per heavy atom. The van der Waals surface area contributed by atoms with Gasteiger partial charge in [0.05, 0.1) is 17.4 Å². The number of rotatable bonds is 2. The maximum Gasteiger partial charge on any atom is 0.306 e. The SMILES string of the molecule is O=C(O)C1CCOC(C=S(=O)=O)C1. The van der Waals surface area contributed by atoms with Crippen LogP contribution in [0, 0.1) is 5.92 Å². The van der Waals surface area contributed by atoms with Crippen molar-refractivity contribution >= 4 is 21.6 Å². The van der Waals surface area contributed by atoms with Crippen LogP contribution < -0.4 is 0 Å². The van der Waals surface area contributed by atoms with E-state index in [1.807, 2.05) is 0 Å². The molecule has 1 saturated heterocycles. The third-order valence-electron chi connectivity index (χ3n) is 1.93. The molecule has 1 heterocycles. The van der Waals surface area contributed by atoms with Crippen LogP contribution in [-0.4, -0.2) is 37.6 Å². The Bertz CT molecular complexity index is 310. The van der Waals surface area contributed by atoms with Crippen molar-refractivity contribution in [2.75, 3.05) is 6.61 Å². The van der Waals surface area contributed by atoms with Crippen LogP contribution in [0.2, 0.25) is 0 Å². The van der Waals surface area contributed by atoms with E-state index in [2.05, 4.69) is 0 Å². The van der Waals surface area contributed by atoms with E-state index >= 15 is 0 Å². The molecule has 0 aromatic carbocycles. The smallest absolute Gasteiger partial charge is 0.306 e. The Labute approximate surface area is 76.9 Å². The van der Waals surface area contributed by atoms with Crippen molar-refractivity contribution in [1.29, 1.82) is 0 Å². The van der Waals surface area contributed by atoms with E-state index in [-0.39, 0.29) is 6.42 Å². The third-order valence-corrected chi connectivity index (χ3v) is 2.45. The van der Waals surface area contributed by atoms with Crippen LogP contribution in [0.4, 0.5) is 0 Å².